The number of hydroxylamine groups is 2. The van der Waals surface area contributed by atoms with Gasteiger partial charge in [0.1, 0.15) is 0 Å². The normalized spacial score (nSPS) is 10.6. The van der Waals surface area contributed by atoms with Crippen molar-refractivity contribution in [3.8, 4) is 0 Å². The Morgan fingerprint density at radius 3 is 2.38 bits per heavy atom. The second-order valence-corrected chi connectivity index (χ2v) is 3.60. The Bertz CT molecular complexity index is 375. The average molecular weight is 213 g/mol. The molecule has 0 N–H and O–H groups in total. The molecule has 0 saturated heterocycles. The molecule has 0 fully saturated rings. The highest BCUT2D eigenvalue weighted by atomic mass is 16.5. The lowest BCUT2D eigenvalue weighted by Gasteiger charge is -2.27. The summed E-state index contributed by atoms with van der Waals surface area (Å²) in [6, 6.07) is 15.3. The maximum Gasteiger partial charge on any atom is 0.0534 e. The molecule has 0 amide bonds. The van der Waals surface area contributed by atoms with E-state index in [0.29, 0.717) is 13.1 Å². The number of pyridine rings is 1. The molecular formula is C13H13N2O-. The fraction of sp³-hybridized carbons (Fsp3) is 0.154. The van der Waals surface area contributed by atoms with Crippen molar-refractivity contribution in [2.45, 2.75) is 13.1 Å². The van der Waals surface area contributed by atoms with Gasteiger partial charge in [0.2, 0.25) is 0 Å². The lowest BCUT2D eigenvalue weighted by molar-refractivity contribution is 0.359. The lowest BCUT2D eigenvalue weighted by Crippen LogP contribution is -2.15. The summed E-state index contributed by atoms with van der Waals surface area (Å²) >= 11 is 0. The van der Waals surface area contributed by atoms with Gasteiger partial charge < -0.3 is 10.3 Å². The van der Waals surface area contributed by atoms with Gasteiger partial charge in [0.15, 0.2) is 0 Å². The van der Waals surface area contributed by atoms with Gasteiger partial charge in [-0.3, -0.25) is 4.98 Å². The van der Waals surface area contributed by atoms with Gasteiger partial charge >= 0.3 is 0 Å². The Balaban J connectivity index is 1.92. The lowest BCUT2D eigenvalue weighted by atomic mass is 10.2. The number of nitrogens with zero attached hydrogens (tertiary/aromatic N) is 2. The third-order valence-electron chi connectivity index (χ3n) is 2.27. The van der Waals surface area contributed by atoms with Crippen molar-refractivity contribution in [2.24, 2.45) is 0 Å². The first-order valence-corrected chi connectivity index (χ1v) is 5.20. The Labute approximate surface area is 94.9 Å². The van der Waals surface area contributed by atoms with Crippen LogP contribution in [0, 0.1) is 5.21 Å². The number of aromatic nitrogens is 1. The highest BCUT2D eigenvalue weighted by Crippen LogP contribution is 2.06. The van der Waals surface area contributed by atoms with Crippen LogP contribution >= 0.6 is 0 Å². The predicted molar refractivity (Wildman–Crippen MR) is 63.3 cm³/mol. The van der Waals surface area contributed by atoms with E-state index in [0.717, 1.165) is 16.3 Å². The molecule has 0 aliphatic carbocycles. The monoisotopic (exact) mass is 213 g/mol. The molecule has 0 atom stereocenters. The summed E-state index contributed by atoms with van der Waals surface area (Å²) in [4.78, 5) is 4.12. The first-order valence-electron chi connectivity index (χ1n) is 5.20. The van der Waals surface area contributed by atoms with Crippen LogP contribution < -0.4 is 0 Å². The van der Waals surface area contributed by atoms with E-state index >= 15 is 0 Å². The summed E-state index contributed by atoms with van der Waals surface area (Å²) in [5.74, 6) is 0. The van der Waals surface area contributed by atoms with E-state index in [2.05, 4.69) is 4.98 Å². The first-order chi connectivity index (χ1) is 7.84. The summed E-state index contributed by atoms with van der Waals surface area (Å²) < 4.78 is 0. The van der Waals surface area contributed by atoms with Crippen LogP contribution in [0.25, 0.3) is 0 Å². The number of hydrogen-bond acceptors (Lipinski definition) is 3. The zero-order valence-corrected chi connectivity index (χ0v) is 8.91. The van der Waals surface area contributed by atoms with Crippen molar-refractivity contribution in [3.05, 3.63) is 71.2 Å². The van der Waals surface area contributed by atoms with E-state index in [-0.39, 0.29) is 0 Å². The van der Waals surface area contributed by atoms with Crippen molar-refractivity contribution in [1.29, 1.82) is 0 Å². The SMILES string of the molecule is [O-]N(Cc1ccccc1)Cc1ccccn1. The Morgan fingerprint density at radius 1 is 0.938 bits per heavy atom. The van der Waals surface area contributed by atoms with E-state index in [4.69, 9.17) is 0 Å². The Kier molecular flexibility index (Phi) is 3.64. The molecule has 0 saturated carbocycles. The maximum absolute atomic E-state index is 11.7. The molecule has 3 heteroatoms. The van der Waals surface area contributed by atoms with Crippen LogP contribution in [0.1, 0.15) is 11.3 Å². The van der Waals surface area contributed by atoms with Crippen molar-refractivity contribution >= 4 is 0 Å². The summed E-state index contributed by atoms with van der Waals surface area (Å²) in [6.45, 7) is 0.729. The van der Waals surface area contributed by atoms with E-state index in [9.17, 15) is 5.21 Å². The molecule has 2 aromatic rings. The smallest absolute Gasteiger partial charge is 0.0534 e. The largest absolute Gasteiger partial charge is 0.785 e. The fourth-order valence-electron chi connectivity index (χ4n) is 1.52. The van der Waals surface area contributed by atoms with E-state index in [1.807, 2.05) is 48.5 Å². The van der Waals surface area contributed by atoms with Crippen LogP contribution in [0.3, 0.4) is 0 Å². The number of hydrogen-bond donors (Lipinski definition) is 0. The van der Waals surface area contributed by atoms with E-state index < -0.39 is 0 Å². The molecular weight excluding hydrogens is 200 g/mol. The predicted octanol–water partition coefficient (Wildman–Crippen LogP) is 2.58. The first kappa shape index (κ1) is 10.8. The molecule has 0 bridgehead atoms. The Hall–Kier alpha value is -1.71. The summed E-state index contributed by atoms with van der Waals surface area (Å²) in [6.07, 6.45) is 1.70. The molecule has 1 heterocycles. The molecule has 2 rings (SSSR count). The average Bonchev–Trinajstić information content (AvgIpc) is 2.31. The molecule has 0 unspecified atom stereocenters. The zero-order chi connectivity index (χ0) is 11.2. The van der Waals surface area contributed by atoms with Crippen LogP contribution in [-0.2, 0) is 13.1 Å². The topological polar surface area (TPSA) is 39.2 Å². The van der Waals surface area contributed by atoms with Gasteiger partial charge in [-0.2, -0.15) is 0 Å². The molecule has 1 aromatic heterocycles. The number of rotatable bonds is 4. The van der Waals surface area contributed by atoms with Gasteiger partial charge in [0, 0.05) is 19.3 Å². The zero-order valence-electron chi connectivity index (χ0n) is 8.91. The van der Waals surface area contributed by atoms with E-state index in [1.54, 1.807) is 6.20 Å². The number of benzene rings is 1. The van der Waals surface area contributed by atoms with Crippen LogP contribution in [0.2, 0.25) is 0 Å². The fourth-order valence-corrected chi connectivity index (χ4v) is 1.52. The molecule has 16 heavy (non-hydrogen) atoms. The van der Waals surface area contributed by atoms with Crippen molar-refractivity contribution in [2.75, 3.05) is 0 Å². The van der Waals surface area contributed by atoms with Crippen LogP contribution in [0.4, 0.5) is 0 Å². The molecule has 0 aliphatic heterocycles. The molecule has 0 aliphatic rings. The third-order valence-corrected chi connectivity index (χ3v) is 2.27. The molecule has 3 nitrogen and oxygen atoms in total. The van der Waals surface area contributed by atoms with Crippen LogP contribution in [0.15, 0.2) is 54.7 Å². The highest BCUT2D eigenvalue weighted by molar-refractivity contribution is 5.14. The summed E-state index contributed by atoms with van der Waals surface area (Å²) in [7, 11) is 0. The van der Waals surface area contributed by atoms with Gasteiger partial charge in [0.25, 0.3) is 0 Å². The van der Waals surface area contributed by atoms with Crippen molar-refractivity contribution < 1.29 is 0 Å². The molecule has 82 valence electrons. The second kappa shape index (κ2) is 5.39. The molecule has 0 radical (unpaired) electrons. The van der Waals surface area contributed by atoms with Crippen molar-refractivity contribution in [1.82, 2.24) is 10.0 Å². The van der Waals surface area contributed by atoms with Crippen LogP contribution in [0.5, 0.6) is 0 Å². The summed E-state index contributed by atoms with van der Waals surface area (Å²) in [5.41, 5.74) is 1.82. The second-order valence-electron chi connectivity index (χ2n) is 3.60. The summed E-state index contributed by atoms with van der Waals surface area (Å²) in [5, 5.41) is 12.7. The maximum atomic E-state index is 11.7. The van der Waals surface area contributed by atoms with Gasteiger partial charge in [-0.1, -0.05) is 36.4 Å². The van der Waals surface area contributed by atoms with Gasteiger partial charge in [0.05, 0.1) is 5.69 Å². The standard InChI is InChI=1S/C13H13N2O/c16-15(10-12-6-2-1-3-7-12)11-13-8-4-5-9-14-13/h1-9H,10-11H2/q-1. The molecule has 0 spiro atoms. The Morgan fingerprint density at radius 2 is 1.69 bits per heavy atom. The third kappa shape index (κ3) is 3.15. The van der Waals surface area contributed by atoms with Gasteiger partial charge in [-0.25, -0.2) is 0 Å². The molecule has 1 aromatic carbocycles. The van der Waals surface area contributed by atoms with Gasteiger partial charge in [-0.05, 0) is 17.7 Å². The minimum Gasteiger partial charge on any atom is -0.785 e. The minimum absolute atomic E-state index is 0.329. The quantitative estimate of drug-likeness (QED) is 0.733. The van der Waals surface area contributed by atoms with Gasteiger partial charge in [-0.15, -0.1) is 0 Å². The van der Waals surface area contributed by atoms with Crippen molar-refractivity contribution in [3.63, 3.8) is 0 Å². The minimum atomic E-state index is 0.329. The van der Waals surface area contributed by atoms with Crippen LogP contribution in [-0.4, -0.2) is 10.0 Å². The highest BCUT2D eigenvalue weighted by Gasteiger charge is 1.97. The van der Waals surface area contributed by atoms with E-state index in [1.165, 1.54) is 0 Å².